The second-order valence-corrected chi connectivity index (χ2v) is 3.79. The van der Waals surface area contributed by atoms with Gasteiger partial charge in [-0.1, -0.05) is 6.07 Å². The van der Waals surface area contributed by atoms with E-state index in [9.17, 15) is 13.2 Å². The molecule has 102 valence electrons. The molecule has 0 amide bonds. The minimum absolute atomic E-state index is 0.0667. The molecule has 0 aliphatic heterocycles. The van der Waals surface area contributed by atoms with Gasteiger partial charge in [-0.05, 0) is 24.6 Å². The number of aliphatic hydroxyl groups is 1. The second-order valence-electron chi connectivity index (χ2n) is 3.79. The van der Waals surface area contributed by atoms with Crippen LogP contribution in [0.1, 0.15) is 11.1 Å². The summed E-state index contributed by atoms with van der Waals surface area (Å²) in [7, 11) is 0. The first-order chi connectivity index (χ1) is 8.45. The zero-order valence-electron chi connectivity index (χ0n) is 10.0. The molecule has 0 heterocycles. The normalized spacial score (nSPS) is 11.6. The van der Waals surface area contributed by atoms with Gasteiger partial charge in [0.25, 0.3) is 0 Å². The van der Waals surface area contributed by atoms with Gasteiger partial charge in [0.15, 0.2) is 0 Å². The topological polar surface area (TPSA) is 41.5 Å². The molecule has 0 fully saturated rings. The number of aliphatic hydroxyl groups excluding tert-OH is 1. The molecule has 0 unspecified atom stereocenters. The Bertz CT molecular complexity index is 380. The summed E-state index contributed by atoms with van der Waals surface area (Å²) in [6.45, 7) is 2.30. The third-order valence-corrected chi connectivity index (χ3v) is 2.35. The highest BCUT2D eigenvalue weighted by molar-refractivity contribution is 5.49. The lowest BCUT2D eigenvalue weighted by Crippen LogP contribution is -2.13. The summed E-state index contributed by atoms with van der Waals surface area (Å²) in [4.78, 5) is 0. The van der Waals surface area contributed by atoms with Crippen LogP contribution in [0.3, 0.4) is 0 Å². The molecule has 0 aliphatic rings. The average Bonchev–Trinajstić information content (AvgIpc) is 2.29. The van der Waals surface area contributed by atoms with Crippen LogP contribution in [0.15, 0.2) is 18.2 Å². The van der Waals surface area contributed by atoms with Crippen molar-refractivity contribution in [1.82, 2.24) is 0 Å². The van der Waals surface area contributed by atoms with Crippen molar-refractivity contribution in [2.24, 2.45) is 0 Å². The zero-order chi connectivity index (χ0) is 13.6. The Balaban J connectivity index is 2.57. The molecule has 0 bridgehead atoms. The van der Waals surface area contributed by atoms with Crippen LogP contribution in [0.25, 0.3) is 0 Å². The molecule has 2 N–H and O–H groups in total. The number of ether oxygens (including phenoxy) is 1. The number of aryl methyl sites for hydroxylation is 1. The number of nitrogens with one attached hydrogen (secondary N) is 1. The molecule has 0 atom stereocenters. The molecule has 0 aliphatic carbocycles. The third kappa shape index (κ3) is 4.54. The molecular formula is C12H16F3NO2. The Morgan fingerprint density at radius 2 is 2.00 bits per heavy atom. The van der Waals surface area contributed by atoms with Crippen LogP contribution in [0.2, 0.25) is 0 Å². The van der Waals surface area contributed by atoms with Gasteiger partial charge >= 0.3 is 6.18 Å². The molecule has 0 aromatic heterocycles. The largest absolute Gasteiger partial charge is 0.416 e. The minimum Gasteiger partial charge on any atom is -0.394 e. The number of rotatable bonds is 6. The van der Waals surface area contributed by atoms with Gasteiger partial charge in [-0.15, -0.1) is 0 Å². The summed E-state index contributed by atoms with van der Waals surface area (Å²) >= 11 is 0. The van der Waals surface area contributed by atoms with Crippen LogP contribution in [-0.4, -0.2) is 31.5 Å². The van der Waals surface area contributed by atoms with Gasteiger partial charge in [-0.25, -0.2) is 0 Å². The van der Waals surface area contributed by atoms with Crippen molar-refractivity contribution < 1.29 is 23.0 Å². The van der Waals surface area contributed by atoms with Gasteiger partial charge < -0.3 is 15.2 Å². The third-order valence-electron chi connectivity index (χ3n) is 2.35. The molecule has 18 heavy (non-hydrogen) atoms. The van der Waals surface area contributed by atoms with E-state index in [1.54, 1.807) is 6.07 Å². The number of alkyl halides is 3. The van der Waals surface area contributed by atoms with Gasteiger partial charge in [0.1, 0.15) is 0 Å². The summed E-state index contributed by atoms with van der Waals surface area (Å²) in [6.07, 6.45) is -4.34. The van der Waals surface area contributed by atoms with Gasteiger partial charge in [-0.2, -0.15) is 13.2 Å². The van der Waals surface area contributed by atoms with Gasteiger partial charge in [0.2, 0.25) is 0 Å². The molecule has 1 rings (SSSR count). The maximum absolute atomic E-state index is 12.6. The molecule has 0 spiro atoms. The summed E-state index contributed by atoms with van der Waals surface area (Å²) < 4.78 is 42.9. The Hall–Kier alpha value is -1.27. The zero-order valence-corrected chi connectivity index (χ0v) is 10.0. The predicted octanol–water partition coefficient (Wildman–Crippen LogP) is 2.43. The minimum atomic E-state index is -4.34. The van der Waals surface area contributed by atoms with E-state index in [4.69, 9.17) is 9.84 Å². The number of halogens is 3. The van der Waals surface area contributed by atoms with Crippen molar-refractivity contribution in [3.05, 3.63) is 29.3 Å². The highest BCUT2D eigenvalue weighted by Gasteiger charge is 2.32. The summed E-state index contributed by atoms with van der Waals surface area (Å²) in [5, 5.41) is 11.3. The summed E-state index contributed by atoms with van der Waals surface area (Å²) in [6, 6.07) is 4.11. The molecule has 0 radical (unpaired) electrons. The molecular weight excluding hydrogens is 247 g/mol. The van der Waals surface area contributed by atoms with Crippen molar-refractivity contribution in [3.8, 4) is 0 Å². The lowest BCUT2D eigenvalue weighted by Gasteiger charge is -2.13. The Morgan fingerprint density at radius 3 is 2.61 bits per heavy atom. The molecule has 0 saturated carbocycles. The standard InChI is InChI=1S/C12H16F3NO2/c1-9-2-3-10(8-11(9)12(13,14)15)16-4-6-18-7-5-17/h2-3,8,16-17H,4-7H2,1H3. The number of anilines is 1. The van der Waals surface area contributed by atoms with Crippen LogP contribution in [0.4, 0.5) is 18.9 Å². The molecule has 1 aromatic carbocycles. The second kappa shape index (κ2) is 6.61. The summed E-state index contributed by atoms with van der Waals surface area (Å²) in [5.74, 6) is 0. The van der Waals surface area contributed by atoms with E-state index in [1.165, 1.54) is 13.0 Å². The molecule has 3 nitrogen and oxygen atoms in total. The maximum atomic E-state index is 12.6. The Kier molecular flexibility index (Phi) is 5.43. The quantitative estimate of drug-likeness (QED) is 0.774. The van der Waals surface area contributed by atoms with Gasteiger partial charge in [0.05, 0.1) is 25.4 Å². The van der Waals surface area contributed by atoms with Crippen molar-refractivity contribution in [2.75, 3.05) is 31.7 Å². The number of hydrogen-bond donors (Lipinski definition) is 2. The lowest BCUT2D eigenvalue weighted by molar-refractivity contribution is -0.138. The number of hydrogen-bond acceptors (Lipinski definition) is 3. The number of benzene rings is 1. The van der Waals surface area contributed by atoms with E-state index in [1.807, 2.05) is 0 Å². The van der Waals surface area contributed by atoms with Crippen molar-refractivity contribution in [3.63, 3.8) is 0 Å². The van der Waals surface area contributed by atoms with Crippen LogP contribution < -0.4 is 5.32 Å². The van der Waals surface area contributed by atoms with E-state index >= 15 is 0 Å². The molecule has 0 saturated heterocycles. The lowest BCUT2D eigenvalue weighted by atomic mass is 10.1. The van der Waals surface area contributed by atoms with E-state index in [2.05, 4.69) is 5.32 Å². The maximum Gasteiger partial charge on any atom is 0.416 e. The first-order valence-corrected chi connectivity index (χ1v) is 5.55. The van der Waals surface area contributed by atoms with E-state index in [0.717, 1.165) is 6.07 Å². The van der Waals surface area contributed by atoms with Crippen molar-refractivity contribution >= 4 is 5.69 Å². The van der Waals surface area contributed by atoms with Crippen LogP contribution in [0.5, 0.6) is 0 Å². The smallest absolute Gasteiger partial charge is 0.394 e. The molecule has 1 aromatic rings. The Morgan fingerprint density at radius 1 is 1.28 bits per heavy atom. The van der Waals surface area contributed by atoms with Crippen LogP contribution in [-0.2, 0) is 10.9 Å². The van der Waals surface area contributed by atoms with Gasteiger partial charge in [0, 0.05) is 12.2 Å². The fourth-order valence-electron chi connectivity index (χ4n) is 1.47. The van der Waals surface area contributed by atoms with Crippen LogP contribution >= 0.6 is 0 Å². The molecule has 6 heteroatoms. The highest BCUT2D eigenvalue weighted by atomic mass is 19.4. The predicted molar refractivity (Wildman–Crippen MR) is 62.6 cm³/mol. The Labute approximate surface area is 104 Å². The van der Waals surface area contributed by atoms with E-state index < -0.39 is 11.7 Å². The van der Waals surface area contributed by atoms with Gasteiger partial charge in [-0.3, -0.25) is 0 Å². The SMILES string of the molecule is Cc1ccc(NCCOCCO)cc1C(F)(F)F. The van der Waals surface area contributed by atoms with Crippen molar-refractivity contribution in [2.45, 2.75) is 13.1 Å². The van der Waals surface area contributed by atoms with Crippen LogP contribution in [0, 0.1) is 6.92 Å². The fraction of sp³-hybridized carbons (Fsp3) is 0.500. The van der Waals surface area contributed by atoms with E-state index in [-0.39, 0.29) is 18.8 Å². The first-order valence-electron chi connectivity index (χ1n) is 5.55. The fourth-order valence-corrected chi connectivity index (χ4v) is 1.47. The van der Waals surface area contributed by atoms with E-state index in [0.29, 0.717) is 18.8 Å². The van der Waals surface area contributed by atoms with Crippen molar-refractivity contribution in [1.29, 1.82) is 0 Å². The monoisotopic (exact) mass is 263 g/mol. The first kappa shape index (κ1) is 14.8. The summed E-state index contributed by atoms with van der Waals surface area (Å²) in [5.41, 5.74) is -0.0334. The highest BCUT2D eigenvalue weighted by Crippen LogP contribution is 2.33. The average molecular weight is 263 g/mol.